The third-order valence-electron chi connectivity index (χ3n) is 1.88. The van der Waals surface area contributed by atoms with Gasteiger partial charge in [-0.15, -0.1) is 0 Å². The molecule has 9 nitrogen and oxygen atoms in total. The summed E-state index contributed by atoms with van der Waals surface area (Å²) in [7, 11) is 0. The Bertz CT molecular complexity index is 253. The zero-order chi connectivity index (χ0) is 12.7. The summed E-state index contributed by atoms with van der Waals surface area (Å²) >= 11 is 0. The number of hydrogen-bond acceptors (Lipinski definition) is 8. The molecule has 0 aliphatic rings. The minimum absolute atomic E-state index is 0.666. The van der Waals surface area contributed by atoms with E-state index in [2.05, 4.69) is 0 Å². The molecule has 8 N–H and O–H groups in total. The molecule has 0 aliphatic heterocycles. The molecule has 0 aromatic heterocycles. The van der Waals surface area contributed by atoms with E-state index < -0.39 is 29.4 Å². The van der Waals surface area contributed by atoms with Gasteiger partial charge in [0.05, 0.1) is 0 Å². The normalized spacial score (nSPS) is 16.3. The van der Waals surface area contributed by atoms with Crippen LogP contribution in [0.5, 0.6) is 0 Å². The van der Waals surface area contributed by atoms with Crippen LogP contribution in [-0.4, -0.2) is 70.3 Å². The van der Waals surface area contributed by atoms with Gasteiger partial charge in [0, 0.05) is 0 Å². The van der Waals surface area contributed by atoms with Gasteiger partial charge in [-0.25, -0.2) is 4.79 Å². The zero-order valence-corrected chi connectivity index (χ0v) is 7.56. The Morgan fingerprint density at radius 3 is 1.60 bits per heavy atom. The fourth-order valence-electron chi connectivity index (χ4n) is 0.697. The first-order valence-electron chi connectivity index (χ1n) is 3.64. The van der Waals surface area contributed by atoms with Crippen LogP contribution < -0.4 is 0 Å². The number of carboxylic acid groups (broad SMARTS) is 1. The molecule has 0 bridgehead atoms. The lowest BCUT2D eigenvalue weighted by Gasteiger charge is -2.41. The highest BCUT2D eigenvalue weighted by Gasteiger charge is 2.67. The number of rotatable bonds is 4. The van der Waals surface area contributed by atoms with E-state index in [9.17, 15) is 4.79 Å². The molecule has 0 aliphatic carbocycles. The number of carbonyl (C=O) groups is 1. The Kier molecular flexibility index (Phi) is 3.45. The topological polar surface area (TPSA) is 179 Å². The first-order valence-corrected chi connectivity index (χ1v) is 3.64. The average Bonchev–Trinajstić information content (AvgIpc) is 2.02. The monoisotopic (exact) mass is 228 g/mol. The smallest absolute Gasteiger partial charge is 0.370 e. The lowest BCUT2D eigenvalue weighted by molar-refractivity contribution is -0.454. The Balaban J connectivity index is 5.40. The Hall–Kier alpha value is -0.810. The number of carboxylic acids is 1. The maximum Gasteiger partial charge on any atom is 0.370 e. The van der Waals surface area contributed by atoms with Crippen LogP contribution >= 0.6 is 0 Å². The van der Waals surface area contributed by atoms with Crippen LogP contribution in [0.2, 0.25) is 0 Å². The minimum atomic E-state index is -4.29. The van der Waals surface area contributed by atoms with Gasteiger partial charge < -0.3 is 40.9 Å². The maximum absolute atomic E-state index is 10.2. The second-order valence-corrected chi connectivity index (χ2v) is 3.05. The number of aliphatic hydroxyl groups is 7. The van der Waals surface area contributed by atoms with Crippen molar-refractivity contribution in [3.05, 3.63) is 0 Å². The molecule has 0 amide bonds. The lowest BCUT2D eigenvalue weighted by atomic mass is 9.92. The van der Waals surface area contributed by atoms with E-state index in [1.807, 2.05) is 0 Å². The molecular weight excluding hydrogens is 216 g/mol. The Morgan fingerprint density at radius 2 is 1.40 bits per heavy atom. The molecule has 90 valence electrons. The van der Waals surface area contributed by atoms with Crippen molar-refractivity contribution < 1.29 is 45.6 Å². The third-order valence-corrected chi connectivity index (χ3v) is 1.88. The van der Waals surface area contributed by atoms with Crippen LogP contribution in [-0.2, 0) is 4.79 Å². The van der Waals surface area contributed by atoms with E-state index in [1.54, 1.807) is 0 Å². The molecule has 15 heavy (non-hydrogen) atoms. The molecular formula is C6H12O9. The summed E-state index contributed by atoms with van der Waals surface area (Å²) in [5, 5.41) is 70.1. The van der Waals surface area contributed by atoms with Crippen molar-refractivity contribution in [2.24, 2.45) is 0 Å². The zero-order valence-electron chi connectivity index (χ0n) is 7.56. The van der Waals surface area contributed by atoms with E-state index in [-0.39, 0.29) is 0 Å². The molecule has 0 aromatic carbocycles. The van der Waals surface area contributed by atoms with Gasteiger partial charge in [0.2, 0.25) is 0 Å². The van der Waals surface area contributed by atoms with Crippen LogP contribution in [0.1, 0.15) is 6.92 Å². The van der Waals surface area contributed by atoms with E-state index in [1.165, 1.54) is 0 Å². The molecule has 0 aromatic rings. The standard InChI is InChI=1S/C6H12O9/c1-2(7)4(10,11)6(14,15)5(12,13)3(8)9/h2,7,10-15H,1H3,(H,8,9). The fraction of sp³-hybridized carbons (Fsp3) is 0.833. The molecule has 0 saturated carbocycles. The highest BCUT2D eigenvalue weighted by Crippen LogP contribution is 2.30. The van der Waals surface area contributed by atoms with Gasteiger partial charge in [-0.1, -0.05) is 0 Å². The van der Waals surface area contributed by atoms with Crippen LogP contribution in [0.25, 0.3) is 0 Å². The van der Waals surface area contributed by atoms with E-state index in [0.717, 1.165) is 0 Å². The van der Waals surface area contributed by atoms with Gasteiger partial charge in [-0.05, 0) is 6.92 Å². The quantitative estimate of drug-likeness (QED) is 0.220. The lowest BCUT2D eigenvalue weighted by Crippen LogP contribution is -2.74. The number of aliphatic hydroxyl groups excluding tert-OH is 1. The predicted molar refractivity (Wildman–Crippen MR) is 40.8 cm³/mol. The van der Waals surface area contributed by atoms with Crippen molar-refractivity contribution in [2.45, 2.75) is 30.4 Å². The second-order valence-electron chi connectivity index (χ2n) is 3.05. The van der Waals surface area contributed by atoms with Crippen molar-refractivity contribution in [1.29, 1.82) is 0 Å². The Labute approximate surface area is 83.1 Å². The van der Waals surface area contributed by atoms with Gasteiger partial charge >= 0.3 is 11.8 Å². The summed E-state index contributed by atoms with van der Waals surface area (Å²) in [5.74, 6) is -15.0. The highest BCUT2D eigenvalue weighted by atomic mass is 16.7. The van der Waals surface area contributed by atoms with E-state index in [4.69, 9.17) is 40.9 Å². The van der Waals surface area contributed by atoms with Gasteiger partial charge in [0.25, 0.3) is 11.6 Å². The number of aliphatic carboxylic acids is 1. The number of hydrogen-bond donors (Lipinski definition) is 8. The van der Waals surface area contributed by atoms with Crippen LogP contribution in [0.4, 0.5) is 0 Å². The van der Waals surface area contributed by atoms with Crippen LogP contribution in [0.3, 0.4) is 0 Å². The summed E-state index contributed by atoms with van der Waals surface area (Å²) in [6.07, 6.45) is -2.26. The first kappa shape index (κ1) is 14.2. The molecule has 0 heterocycles. The molecule has 1 unspecified atom stereocenters. The minimum Gasteiger partial charge on any atom is -0.477 e. The Morgan fingerprint density at radius 1 is 1.07 bits per heavy atom. The van der Waals surface area contributed by atoms with E-state index >= 15 is 0 Å². The predicted octanol–water partition coefficient (Wildman–Crippen LogP) is -4.51. The molecule has 0 fully saturated rings. The van der Waals surface area contributed by atoms with Crippen molar-refractivity contribution in [3.63, 3.8) is 0 Å². The summed E-state index contributed by atoms with van der Waals surface area (Å²) in [6, 6.07) is 0. The fourth-order valence-corrected chi connectivity index (χ4v) is 0.697. The third kappa shape index (κ3) is 1.94. The van der Waals surface area contributed by atoms with Gasteiger partial charge in [-0.2, -0.15) is 0 Å². The second kappa shape index (κ2) is 3.64. The largest absolute Gasteiger partial charge is 0.477 e. The first-order chi connectivity index (χ1) is 6.39. The van der Waals surface area contributed by atoms with Crippen LogP contribution in [0.15, 0.2) is 0 Å². The van der Waals surface area contributed by atoms with Crippen LogP contribution in [0, 0.1) is 0 Å². The molecule has 0 spiro atoms. The van der Waals surface area contributed by atoms with E-state index in [0.29, 0.717) is 6.92 Å². The summed E-state index contributed by atoms with van der Waals surface area (Å²) in [6.45, 7) is 0.666. The van der Waals surface area contributed by atoms with Gasteiger partial charge in [0.1, 0.15) is 6.10 Å². The molecule has 0 rings (SSSR count). The summed E-state index contributed by atoms with van der Waals surface area (Å²) in [5.41, 5.74) is 0. The molecule has 0 saturated heterocycles. The SMILES string of the molecule is CC(O)C(O)(O)C(O)(O)C(O)(O)C(=O)O. The molecule has 9 heteroatoms. The molecule has 0 radical (unpaired) electrons. The van der Waals surface area contributed by atoms with Crippen molar-refractivity contribution in [2.75, 3.05) is 0 Å². The molecule has 1 atom stereocenters. The maximum atomic E-state index is 10.2. The van der Waals surface area contributed by atoms with Gasteiger partial charge in [0.15, 0.2) is 0 Å². The average molecular weight is 228 g/mol. The summed E-state index contributed by atoms with van der Waals surface area (Å²) in [4.78, 5) is 10.2. The van der Waals surface area contributed by atoms with Gasteiger partial charge in [-0.3, -0.25) is 0 Å². The highest BCUT2D eigenvalue weighted by molar-refractivity contribution is 5.76. The van der Waals surface area contributed by atoms with Crippen molar-refractivity contribution in [1.82, 2.24) is 0 Å². The summed E-state index contributed by atoms with van der Waals surface area (Å²) < 4.78 is 0. The van der Waals surface area contributed by atoms with Crippen molar-refractivity contribution >= 4 is 5.97 Å². The van der Waals surface area contributed by atoms with Crippen molar-refractivity contribution in [3.8, 4) is 0 Å².